The molecule has 0 fully saturated rings. The van der Waals surface area contributed by atoms with E-state index in [1.165, 1.54) is 24.3 Å². The molecular formula is C23H14F4N2O2. The zero-order valence-corrected chi connectivity index (χ0v) is 15.8. The maximum absolute atomic E-state index is 13.2. The molecule has 0 spiro atoms. The summed E-state index contributed by atoms with van der Waals surface area (Å²) in [4.78, 5) is 27.1. The smallest absolute Gasteiger partial charge is 0.350 e. The topological polar surface area (TPSA) is 49.4 Å². The maximum Gasteiger partial charge on any atom is 0.416 e. The molecule has 4 nitrogen and oxygen atoms in total. The summed E-state index contributed by atoms with van der Waals surface area (Å²) in [7, 11) is 0. The Balaban J connectivity index is 1.76. The van der Waals surface area contributed by atoms with Gasteiger partial charge < -0.3 is 5.32 Å². The molecule has 0 atom stereocenters. The molecular weight excluding hydrogens is 412 g/mol. The monoisotopic (exact) mass is 426 g/mol. The highest BCUT2D eigenvalue weighted by Gasteiger charge is 2.40. The summed E-state index contributed by atoms with van der Waals surface area (Å²) in [6.07, 6.45) is -4.54. The predicted octanol–water partition coefficient (Wildman–Crippen LogP) is 5.24. The van der Waals surface area contributed by atoms with Crippen LogP contribution in [0.15, 0.2) is 84.6 Å². The van der Waals surface area contributed by atoms with Gasteiger partial charge in [-0.2, -0.15) is 13.2 Å². The van der Waals surface area contributed by atoms with Gasteiger partial charge in [-0.3, -0.25) is 9.59 Å². The van der Waals surface area contributed by atoms with Crippen LogP contribution in [0.1, 0.15) is 11.1 Å². The van der Waals surface area contributed by atoms with Crippen LogP contribution < -0.4 is 10.2 Å². The lowest BCUT2D eigenvalue weighted by Crippen LogP contribution is -2.32. The second-order valence-corrected chi connectivity index (χ2v) is 6.74. The largest absolute Gasteiger partial charge is 0.416 e. The van der Waals surface area contributed by atoms with Gasteiger partial charge in [0.2, 0.25) is 0 Å². The van der Waals surface area contributed by atoms with Crippen LogP contribution in [0.5, 0.6) is 0 Å². The molecule has 0 radical (unpaired) electrons. The SMILES string of the molecule is O=C1C(Nc2ccc(F)cc2)=C(c2ccccc2)C(=O)N1c1ccc(C(F)(F)F)cc1. The summed E-state index contributed by atoms with van der Waals surface area (Å²) >= 11 is 0. The number of benzene rings is 3. The van der Waals surface area contributed by atoms with Crippen molar-refractivity contribution >= 4 is 28.8 Å². The van der Waals surface area contributed by atoms with E-state index >= 15 is 0 Å². The number of rotatable bonds is 4. The van der Waals surface area contributed by atoms with Crippen LogP contribution in [0.3, 0.4) is 0 Å². The molecule has 31 heavy (non-hydrogen) atoms. The quantitative estimate of drug-likeness (QED) is 0.459. The van der Waals surface area contributed by atoms with Gasteiger partial charge >= 0.3 is 6.18 Å². The number of hydrogen-bond donors (Lipinski definition) is 1. The minimum Gasteiger partial charge on any atom is -0.350 e. The number of carbonyl (C=O) groups excluding carboxylic acids is 2. The number of alkyl halides is 3. The summed E-state index contributed by atoms with van der Waals surface area (Å²) < 4.78 is 51.9. The lowest BCUT2D eigenvalue weighted by Gasteiger charge is -2.16. The Hall–Kier alpha value is -3.94. The fraction of sp³-hybridized carbons (Fsp3) is 0.0435. The third-order valence-electron chi connectivity index (χ3n) is 4.71. The predicted molar refractivity (Wildman–Crippen MR) is 107 cm³/mol. The highest BCUT2D eigenvalue weighted by molar-refractivity contribution is 6.46. The number of hydrogen-bond acceptors (Lipinski definition) is 3. The molecule has 0 saturated carbocycles. The highest BCUT2D eigenvalue weighted by Crippen LogP contribution is 2.35. The van der Waals surface area contributed by atoms with Crippen molar-refractivity contribution < 1.29 is 27.2 Å². The summed E-state index contributed by atoms with van der Waals surface area (Å²) in [6, 6.07) is 17.4. The zero-order valence-electron chi connectivity index (χ0n) is 15.8. The van der Waals surface area contributed by atoms with Crippen molar-refractivity contribution in [2.45, 2.75) is 6.18 Å². The Bertz CT molecular complexity index is 1170. The highest BCUT2D eigenvalue weighted by atomic mass is 19.4. The van der Waals surface area contributed by atoms with E-state index in [1.54, 1.807) is 30.3 Å². The van der Waals surface area contributed by atoms with Crippen LogP contribution in [0, 0.1) is 5.82 Å². The third-order valence-corrected chi connectivity index (χ3v) is 4.71. The van der Waals surface area contributed by atoms with E-state index in [0.717, 1.165) is 29.2 Å². The molecule has 0 unspecified atom stereocenters. The molecule has 1 aliphatic rings. The van der Waals surface area contributed by atoms with Crippen molar-refractivity contribution in [1.29, 1.82) is 0 Å². The number of nitrogens with zero attached hydrogens (tertiary/aromatic N) is 1. The molecule has 3 aromatic carbocycles. The van der Waals surface area contributed by atoms with Gasteiger partial charge in [-0.25, -0.2) is 9.29 Å². The third kappa shape index (κ3) is 3.92. The Morgan fingerprint density at radius 1 is 0.742 bits per heavy atom. The fourth-order valence-corrected chi connectivity index (χ4v) is 3.23. The second kappa shape index (κ2) is 7.71. The van der Waals surface area contributed by atoms with E-state index < -0.39 is 29.4 Å². The van der Waals surface area contributed by atoms with Crippen LogP contribution in [-0.2, 0) is 15.8 Å². The molecule has 1 N–H and O–H groups in total. The normalized spacial score (nSPS) is 14.4. The Morgan fingerprint density at radius 3 is 1.94 bits per heavy atom. The number of halogens is 4. The van der Waals surface area contributed by atoms with Crippen molar-refractivity contribution in [1.82, 2.24) is 0 Å². The molecule has 0 aliphatic carbocycles. The minimum atomic E-state index is -4.54. The lowest BCUT2D eigenvalue weighted by atomic mass is 10.0. The maximum atomic E-state index is 13.2. The number of nitrogens with one attached hydrogen (secondary N) is 1. The van der Waals surface area contributed by atoms with Gasteiger partial charge in [-0.15, -0.1) is 0 Å². The first-order valence-electron chi connectivity index (χ1n) is 9.14. The summed E-state index contributed by atoms with van der Waals surface area (Å²) in [5.74, 6) is -1.88. The molecule has 156 valence electrons. The van der Waals surface area contributed by atoms with Crippen LogP contribution in [0.25, 0.3) is 5.57 Å². The Labute approximate surface area is 174 Å². The molecule has 1 heterocycles. The van der Waals surface area contributed by atoms with E-state index in [1.807, 2.05) is 0 Å². The van der Waals surface area contributed by atoms with Crippen LogP contribution in [0.4, 0.5) is 28.9 Å². The first kappa shape index (κ1) is 20.3. The first-order valence-corrected chi connectivity index (χ1v) is 9.14. The number of imide groups is 1. The average Bonchev–Trinajstić information content (AvgIpc) is 2.99. The van der Waals surface area contributed by atoms with Gasteiger partial charge in [0.1, 0.15) is 11.5 Å². The van der Waals surface area contributed by atoms with Crippen LogP contribution in [0.2, 0.25) is 0 Å². The van der Waals surface area contributed by atoms with Gasteiger partial charge in [0.25, 0.3) is 11.8 Å². The van der Waals surface area contributed by atoms with E-state index in [-0.39, 0.29) is 17.0 Å². The summed E-state index contributed by atoms with van der Waals surface area (Å²) in [5.41, 5.74) is -0.0405. The van der Waals surface area contributed by atoms with E-state index in [2.05, 4.69) is 5.32 Å². The van der Waals surface area contributed by atoms with Crippen LogP contribution >= 0.6 is 0 Å². The first-order chi connectivity index (χ1) is 14.8. The number of amides is 2. The Morgan fingerprint density at radius 2 is 1.35 bits per heavy atom. The molecule has 0 aromatic heterocycles. The molecule has 8 heteroatoms. The second-order valence-electron chi connectivity index (χ2n) is 6.74. The van der Waals surface area contributed by atoms with Crippen molar-refractivity contribution in [3.63, 3.8) is 0 Å². The number of anilines is 2. The molecule has 4 rings (SSSR count). The molecule has 3 aromatic rings. The van der Waals surface area contributed by atoms with Gasteiger partial charge in [0, 0.05) is 5.69 Å². The fourth-order valence-electron chi connectivity index (χ4n) is 3.23. The average molecular weight is 426 g/mol. The molecule has 0 bridgehead atoms. The van der Waals surface area contributed by atoms with Crippen molar-refractivity contribution in [3.05, 3.63) is 102 Å². The van der Waals surface area contributed by atoms with Gasteiger partial charge in [0.05, 0.1) is 16.8 Å². The van der Waals surface area contributed by atoms with E-state index in [9.17, 15) is 27.2 Å². The van der Waals surface area contributed by atoms with Crippen molar-refractivity contribution in [2.75, 3.05) is 10.2 Å². The van der Waals surface area contributed by atoms with Gasteiger partial charge in [-0.1, -0.05) is 30.3 Å². The molecule has 2 amide bonds. The zero-order chi connectivity index (χ0) is 22.2. The summed E-state index contributed by atoms with van der Waals surface area (Å²) in [6.45, 7) is 0. The lowest BCUT2D eigenvalue weighted by molar-refractivity contribution is -0.137. The molecule has 0 saturated heterocycles. The standard InChI is InChI=1S/C23H14F4N2O2/c24-16-8-10-17(11-9-16)28-20-19(14-4-2-1-3-5-14)21(30)29(22(20)31)18-12-6-15(7-13-18)23(25,26)27/h1-13,28H. The van der Waals surface area contributed by atoms with E-state index in [4.69, 9.17) is 0 Å². The number of carbonyl (C=O) groups is 2. The van der Waals surface area contributed by atoms with Crippen LogP contribution in [-0.4, -0.2) is 11.8 Å². The summed E-state index contributed by atoms with van der Waals surface area (Å²) in [5, 5.41) is 2.85. The van der Waals surface area contributed by atoms with Crippen molar-refractivity contribution in [3.8, 4) is 0 Å². The van der Waals surface area contributed by atoms with E-state index in [0.29, 0.717) is 11.3 Å². The van der Waals surface area contributed by atoms with Gasteiger partial charge in [-0.05, 0) is 54.1 Å². The van der Waals surface area contributed by atoms with Crippen molar-refractivity contribution in [2.24, 2.45) is 0 Å². The Kier molecular flexibility index (Phi) is 5.06. The van der Waals surface area contributed by atoms with Gasteiger partial charge in [0.15, 0.2) is 0 Å². The minimum absolute atomic E-state index is 0.00679. The molecule has 1 aliphatic heterocycles.